The lowest BCUT2D eigenvalue weighted by atomic mass is 10.2. The summed E-state index contributed by atoms with van der Waals surface area (Å²) in [6.07, 6.45) is -0.567. The molecule has 0 aliphatic carbocycles. The van der Waals surface area contributed by atoms with Crippen molar-refractivity contribution in [1.82, 2.24) is 4.90 Å². The third-order valence-corrected chi connectivity index (χ3v) is 4.88. The molecule has 1 heterocycles. The van der Waals surface area contributed by atoms with Gasteiger partial charge in [0.1, 0.15) is 24.2 Å². The van der Waals surface area contributed by atoms with Crippen LogP contribution in [0.2, 0.25) is 0 Å². The summed E-state index contributed by atoms with van der Waals surface area (Å²) < 4.78 is 11.1. The zero-order valence-corrected chi connectivity index (χ0v) is 19.5. The van der Waals surface area contributed by atoms with Crippen LogP contribution < -0.4 is 19.7 Å². The van der Waals surface area contributed by atoms with Crippen LogP contribution in [0, 0.1) is 0 Å². The number of benzene rings is 2. The Hall–Kier alpha value is -2.19. The topological polar surface area (TPSA) is 74.3 Å². The van der Waals surface area contributed by atoms with Crippen molar-refractivity contribution in [3.05, 3.63) is 48.5 Å². The molecule has 9 heteroatoms. The lowest BCUT2D eigenvalue weighted by Gasteiger charge is -2.37. The monoisotopic (exact) mass is 471 g/mol. The SMILES string of the molecule is COc1ccccc1N1CCN(CC(O)COc2ccc(NC(C)=O)cc2)CC1.Cl.Cl. The van der Waals surface area contributed by atoms with Crippen molar-refractivity contribution in [2.45, 2.75) is 13.0 Å². The summed E-state index contributed by atoms with van der Waals surface area (Å²) in [6, 6.07) is 15.2. The Balaban J connectivity index is 0.00000240. The summed E-state index contributed by atoms with van der Waals surface area (Å²) in [5, 5.41) is 13.1. The highest BCUT2D eigenvalue weighted by molar-refractivity contribution is 5.88. The number of hydrogen-bond donors (Lipinski definition) is 2. The minimum absolute atomic E-state index is 0. The van der Waals surface area contributed by atoms with Gasteiger partial charge in [-0.3, -0.25) is 9.69 Å². The van der Waals surface area contributed by atoms with Crippen LogP contribution in [0.15, 0.2) is 48.5 Å². The fourth-order valence-electron chi connectivity index (χ4n) is 3.44. The number of β-amino-alcohol motifs (C(OH)–C–C–N with tert-alkyl or cyclic N) is 1. The molecule has 1 atom stereocenters. The molecule has 1 saturated heterocycles. The molecule has 1 unspecified atom stereocenters. The van der Waals surface area contributed by atoms with Gasteiger partial charge in [0.05, 0.1) is 12.8 Å². The average Bonchev–Trinajstić information content (AvgIpc) is 2.73. The first-order valence-corrected chi connectivity index (χ1v) is 9.84. The number of nitrogens with one attached hydrogen (secondary N) is 1. The van der Waals surface area contributed by atoms with Gasteiger partial charge in [0.15, 0.2) is 0 Å². The van der Waals surface area contributed by atoms with Crippen LogP contribution in [0.1, 0.15) is 6.92 Å². The van der Waals surface area contributed by atoms with E-state index < -0.39 is 6.10 Å². The van der Waals surface area contributed by atoms with E-state index in [9.17, 15) is 9.90 Å². The summed E-state index contributed by atoms with van der Waals surface area (Å²) in [4.78, 5) is 15.6. The number of amides is 1. The molecule has 0 spiro atoms. The number of carbonyl (C=O) groups excluding carboxylic acids is 1. The van der Waals surface area contributed by atoms with E-state index in [2.05, 4.69) is 21.2 Å². The first-order chi connectivity index (χ1) is 14.0. The van der Waals surface area contributed by atoms with Gasteiger partial charge >= 0.3 is 0 Å². The molecular formula is C22H31Cl2N3O4. The van der Waals surface area contributed by atoms with E-state index in [1.165, 1.54) is 6.92 Å². The van der Waals surface area contributed by atoms with Gasteiger partial charge in [0.2, 0.25) is 5.91 Å². The van der Waals surface area contributed by atoms with Crippen molar-refractivity contribution in [2.75, 3.05) is 56.7 Å². The van der Waals surface area contributed by atoms with Crippen molar-refractivity contribution < 1.29 is 19.4 Å². The molecule has 172 valence electrons. The Kier molecular flexibility index (Phi) is 11.5. The fourth-order valence-corrected chi connectivity index (χ4v) is 3.44. The Morgan fingerprint density at radius 2 is 1.71 bits per heavy atom. The van der Waals surface area contributed by atoms with Crippen LogP contribution in [0.4, 0.5) is 11.4 Å². The molecule has 0 radical (unpaired) electrons. The highest BCUT2D eigenvalue weighted by Crippen LogP contribution is 2.28. The van der Waals surface area contributed by atoms with Gasteiger partial charge in [-0.15, -0.1) is 24.8 Å². The van der Waals surface area contributed by atoms with Gasteiger partial charge in [-0.1, -0.05) is 12.1 Å². The molecule has 1 aliphatic rings. The highest BCUT2D eigenvalue weighted by atomic mass is 35.5. The molecule has 1 fully saturated rings. The van der Waals surface area contributed by atoms with Gasteiger partial charge in [-0.25, -0.2) is 0 Å². The highest BCUT2D eigenvalue weighted by Gasteiger charge is 2.21. The zero-order valence-electron chi connectivity index (χ0n) is 17.8. The Labute approximate surface area is 196 Å². The number of anilines is 2. The average molecular weight is 472 g/mol. The molecule has 1 amide bonds. The Bertz CT molecular complexity index is 800. The van der Waals surface area contributed by atoms with E-state index in [1.54, 1.807) is 31.4 Å². The molecule has 7 nitrogen and oxygen atoms in total. The van der Waals surface area contributed by atoms with Crippen molar-refractivity contribution in [3.63, 3.8) is 0 Å². The zero-order chi connectivity index (χ0) is 20.6. The van der Waals surface area contributed by atoms with Gasteiger partial charge in [-0.2, -0.15) is 0 Å². The van der Waals surface area contributed by atoms with Crippen molar-refractivity contribution in [1.29, 1.82) is 0 Å². The van der Waals surface area contributed by atoms with Gasteiger partial charge < -0.3 is 24.8 Å². The molecule has 3 rings (SSSR count). The summed E-state index contributed by atoms with van der Waals surface area (Å²) in [5.41, 5.74) is 1.83. The summed E-state index contributed by atoms with van der Waals surface area (Å²) in [5.74, 6) is 1.44. The van der Waals surface area contributed by atoms with E-state index in [0.29, 0.717) is 12.3 Å². The lowest BCUT2D eigenvalue weighted by Crippen LogP contribution is -2.49. The van der Waals surface area contributed by atoms with Crippen LogP contribution in [-0.2, 0) is 4.79 Å². The van der Waals surface area contributed by atoms with E-state index in [1.807, 2.05) is 18.2 Å². The Morgan fingerprint density at radius 3 is 2.32 bits per heavy atom. The number of halogens is 2. The molecule has 1 aliphatic heterocycles. The third kappa shape index (κ3) is 8.10. The van der Waals surface area contributed by atoms with Gasteiger partial charge in [0, 0.05) is 45.3 Å². The molecule has 2 N–H and O–H groups in total. The minimum Gasteiger partial charge on any atom is -0.495 e. The number of hydrogen-bond acceptors (Lipinski definition) is 6. The number of methoxy groups -OCH3 is 1. The van der Waals surface area contributed by atoms with Gasteiger partial charge in [0.25, 0.3) is 0 Å². The quantitative estimate of drug-likeness (QED) is 0.616. The summed E-state index contributed by atoms with van der Waals surface area (Å²) >= 11 is 0. The number of para-hydroxylation sites is 2. The van der Waals surface area contributed by atoms with Gasteiger partial charge in [-0.05, 0) is 36.4 Å². The maximum atomic E-state index is 11.0. The molecule has 0 saturated carbocycles. The molecule has 2 aromatic carbocycles. The maximum Gasteiger partial charge on any atom is 0.221 e. The predicted molar refractivity (Wildman–Crippen MR) is 128 cm³/mol. The van der Waals surface area contributed by atoms with Crippen LogP contribution >= 0.6 is 24.8 Å². The van der Waals surface area contributed by atoms with Crippen LogP contribution in [0.5, 0.6) is 11.5 Å². The fraction of sp³-hybridized carbons (Fsp3) is 0.409. The maximum absolute atomic E-state index is 11.0. The first kappa shape index (κ1) is 26.8. The van der Waals surface area contributed by atoms with E-state index in [-0.39, 0.29) is 37.3 Å². The second-order valence-corrected chi connectivity index (χ2v) is 7.13. The number of rotatable bonds is 8. The third-order valence-electron chi connectivity index (χ3n) is 4.88. The molecule has 0 bridgehead atoms. The van der Waals surface area contributed by atoms with Crippen molar-refractivity contribution in [2.24, 2.45) is 0 Å². The molecule has 31 heavy (non-hydrogen) atoms. The lowest BCUT2D eigenvalue weighted by molar-refractivity contribution is -0.114. The standard InChI is InChI=1S/C22H29N3O4.2ClH/c1-17(26)23-18-7-9-20(10-8-18)29-16-19(27)15-24-11-13-25(14-12-24)21-5-3-4-6-22(21)28-2;;/h3-10,19,27H,11-16H2,1-2H3,(H,23,26);2*1H. The van der Waals surface area contributed by atoms with Crippen LogP contribution in [-0.4, -0.2) is 68.5 Å². The molecule has 2 aromatic rings. The smallest absolute Gasteiger partial charge is 0.221 e. The number of piperazine rings is 1. The van der Waals surface area contributed by atoms with Crippen LogP contribution in [0.3, 0.4) is 0 Å². The predicted octanol–water partition coefficient (Wildman–Crippen LogP) is 3.06. The largest absolute Gasteiger partial charge is 0.495 e. The summed E-state index contributed by atoms with van der Waals surface area (Å²) in [7, 11) is 1.69. The Morgan fingerprint density at radius 1 is 1.06 bits per heavy atom. The number of aliphatic hydroxyl groups excluding tert-OH is 1. The van der Waals surface area contributed by atoms with E-state index in [0.717, 1.165) is 43.3 Å². The van der Waals surface area contributed by atoms with Crippen LogP contribution in [0.25, 0.3) is 0 Å². The normalized spacial score (nSPS) is 14.6. The molecule has 0 aromatic heterocycles. The number of nitrogens with zero attached hydrogens (tertiary/aromatic N) is 2. The number of carbonyl (C=O) groups is 1. The molecular weight excluding hydrogens is 441 g/mol. The minimum atomic E-state index is -0.567. The van der Waals surface area contributed by atoms with E-state index in [4.69, 9.17) is 9.47 Å². The number of aliphatic hydroxyl groups is 1. The second-order valence-electron chi connectivity index (χ2n) is 7.13. The first-order valence-electron chi connectivity index (χ1n) is 9.84. The number of ether oxygens (including phenoxy) is 2. The van der Waals surface area contributed by atoms with Crippen molar-refractivity contribution in [3.8, 4) is 11.5 Å². The second kappa shape index (κ2) is 13.3. The van der Waals surface area contributed by atoms with E-state index >= 15 is 0 Å². The van der Waals surface area contributed by atoms with Crippen molar-refractivity contribution >= 4 is 42.1 Å². The summed E-state index contributed by atoms with van der Waals surface area (Å²) in [6.45, 7) is 5.80.